The number of nitriles is 1. The zero-order chi connectivity index (χ0) is 23.8. The van der Waals surface area contributed by atoms with Gasteiger partial charge in [0.1, 0.15) is 11.4 Å². The molecule has 3 rings (SSSR count). The Hall–Kier alpha value is -3.58. The molecule has 172 valence electrons. The quantitative estimate of drug-likeness (QED) is 0.341. The van der Waals surface area contributed by atoms with Gasteiger partial charge in [-0.3, -0.25) is 4.79 Å². The summed E-state index contributed by atoms with van der Waals surface area (Å²) in [4.78, 5) is 16.5. The number of rotatable bonds is 9. The summed E-state index contributed by atoms with van der Waals surface area (Å²) in [5.41, 5.74) is 0.365. The van der Waals surface area contributed by atoms with Gasteiger partial charge < -0.3 is 15.4 Å². The molecule has 0 fully saturated rings. The molecule has 0 spiro atoms. The highest BCUT2D eigenvalue weighted by molar-refractivity contribution is 7.14. The number of halogens is 3. The average Bonchev–Trinajstić information content (AvgIpc) is 3.26. The summed E-state index contributed by atoms with van der Waals surface area (Å²) in [6, 6.07) is 12.0. The van der Waals surface area contributed by atoms with Crippen molar-refractivity contribution in [2.24, 2.45) is 0 Å². The summed E-state index contributed by atoms with van der Waals surface area (Å²) in [6.07, 6.45) is -2.07. The number of ether oxygens (including phenoxy) is 1. The third kappa shape index (κ3) is 6.70. The van der Waals surface area contributed by atoms with Gasteiger partial charge in [0.2, 0.25) is 0 Å². The van der Waals surface area contributed by atoms with E-state index in [4.69, 9.17) is 10.00 Å². The molecule has 3 aromatic rings. The summed E-state index contributed by atoms with van der Waals surface area (Å²) < 4.78 is 45.9. The molecule has 0 aliphatic heterocycles. The van der Waals surface area contributed by atoms with E-state index in [9.17, 15) is 18.0 Å². The third-order valence-corrected chi connectivity index (χ3v) is 5.31. The van der Waals surface area contributed by atoms with Crippen LogP contribution in [0.2, 0.25) is 0 Å². The molecule has 0 aliphatic rings. The number of alkyl halides is 3. The second kappa shape index (κ2) is 10.8. The molecule has 0 atom stereocenters. The Morgan fingerprint density at radius 1 is 1.15 bits per heavy atom. The lowest BCUT2D eigenvalue weighted by Gasteiger charge is -2.15. The minimum absolute atomic E-state index is 0.110. The molecule has 0 radical (unpaired) electrons. The Labute approximate surface area is 193 Å². The van der Waals surface area contributed by atoms with Crippen molar-refractivity contribution in [1.29, 1.82) is 5.26 Å². The van der Waals surface area contributed by atoms with Crippen LogP contribution in [0.1, 0.15) is 47.8 Å². The number of carbonyl (C=O) groups is 1. The number of benzene rings is 2. The first kappa shape index (κ1) is 24.1. The zero-order valence-electron chi connectivity index (χ0n) is 17.7. The van der Waals surface area contributed by atoms with Gasteiger partial charge in [-0.15, -0.1) is 11.3 Å². The van der Waals surface area contributed by atoms with Crippen LogP contribution in [0.15, 0.2) is 47.8 Å². The molecule has 0 saturated carbocycles. The lowest BCUT2D eigenvalue weighted by atomic mass is 10.1. The van der Waals surface area contributed by atoms with Crippen molar-refractivity contribution in [1.82, 2.24) is 4.98 Å². The summed E-state index contributed by atoms with van der Waals surface area (Å²) in [5.74, 6) is -0.693. The second-order valence-electron chi connectivity index (χ2n) is 7.07. The summed E-state index contributed by atoms with van der Waals surface area (Å²) in [5, 5.41) is 16.1. The number of hydrogen-bond donors (Lipinski definition) is 2. The SMILES string of the molecule is CCCCCOc1ccc(Nc2nc(C(=O)Nc3ccc(C#N)cc3)cs2)cc1C(F)(F)F. The number of carbonyl (C=O) groups excluding carboxylic acids is 1. The van der Waals surface area contributed by atoms with Crippen molar-refractivity contribution >= 4 is 33.8 Å². The molecule has 6 nitrogen and oxygen atoms in total. The fourth-order valence-corrected chi connectivity index (χ4v) is 3.58. The summed E-state index contributed by atoms with van der Waals surface area (Å²) in [6.45, 7) is 2.22. The van der Waals surface area contributed by atoms with Crippen molar-refractivity contribution < 1.29 is 22.7 Å². The molecule has 0 unspecified atom stereocenters. The fraction of sp³-hybridized carbons (Fsp3) is 0.261. The van der Waals surface area contributed by atoms with E-state index in [1.54, 1.807) is 24.3 Å². The van der Waals surface area contributed by atoms with E-state index in [1.807, 2.05) is 13.0 Å². The highest BCUT2D eigenvalue weighted by atomic mass is 32.1. The Bertz CT molecular complexity index is 1140. The number of anilines is 3. The molecule has 1 amide bonds. The number of aromatic nitrogens is 1. The van der Waals surface area contributed by atoms with Crippen LogP contribution >= 0.6 is 11.3 Å². The lowest BCUT2D eigenvalue weighted by molar-refractivity contribution is -0.138. The van der Waals surface area contributed by atoms with Crippen LogP contribution in [0.5, 0.6) is 5.75 Å². The average molecular weight is 475 g/mol. The van der Waals surface area contributed by atoms with Gasteiger partial charge in [-0.05, 0) is 48.9 Å². The zero-order valence-corrected chi connectivity index (χ0v) is 18.5. The predicted octanol–water partition coefficient (Wildman–Crippen LogP) is 6.60. The molecule has 1 aromatic heterocycles. The van der Waals surface area contributed by atoms with Crippen molar-refractivity contribution in [3.63, 3.8) is 0 Å². The monoisotopic (exact) mass is 474 g/mol. The first-order valence-electron chi connectivity index (χ1n) is 10.2. The van der Waals surface area contributed by atoms with Crippen molar-refractivity contribution in [2.75, 3.05) is 17.2 Å². The highest BCUT2D eigenvalue weighted by Crippen LogP contribution is 2.38. The van der Waals surface area contributed by atoms with Crippen LogP contribution in [0.25, 0.3) is 0 Å². The van der Waals surface area contributed by atoms with Crippen molar-refractivity contribution in [3.05, 3.63) is 64.7 Å². The minimum Gasteiger partial charge on any atom is -0.493 e. The molecule has 10 heteroatoms. The molecule has 2 aromatic carbocycles. The lowest BCUT2D eigenvalue weighted by Crippen LogP contribution is -2.12. The number of unbranched alkanes of at least 4 members (excludes halogenated alkanes) is 2. The minimum atomic E-state index is -4.58. The maximum Gasteiger partial charge on any atom is 0.420 e. The van der Waals surface area contributed by atoms with E-state index in [2.05, 4.69) is 15.6 Å². The van der Waals surface area contributed by atoms with Crippen LogP contribution in [-0.2, 0) is 6.18 Å². The Kier molecular flexibility index (Phi) is 7.90. The largest absolute Gasteiger partial charge is 0.493 e. The van der Waals surface area contributed by atoms with E-state index in [0.29, 0.717) is 17.7 Å². The molecule has 0 saturated heterocycles. The van der Waals surface area contributed by atoms with Crippen LogP contribution < -0.4 is 15.4 Å². The van der Waals surface area contributed by atoms with Gasteiger partial charge in [0.25, 0.3) is 5.91 Å². The predicted molar refractivity (Wildman–Crippen MR) is 121 cm³/mol. The Morgan fingerprint density at radius 2 is 1.88 bits per heavy atom. The molecule has 33 heavy (non-hydrogen) atoms. The standard InChI is InChI=1S/C23H21F3N4O2S/c1-2-3-4-11-32-20-10-9-17(12-18(20)23(24,25)26)29-22-30-19(14-33-22)21(31)28-16-7-5-15(13-27)6-8-16/h5-10,12,14H,2-4,11H2,1H3,(H,28,31)(H,29,30). The van der Waals surface area contributed by atoms with Crippen LogP contribution in [-0.4, -0.2) is 17.5 Å². The van der Waals surface area contributed by atoms with Crippen molar-refractivity contribution in [3.8, 4) is 11.8 Å². The number of amides is 1. The van der Waals surface area contributed by atoms with Crippen molar-refractivity contribution in [2.45, 2.75) is 32.4 Å². The normalized spacial score (nSPS) is 11.0. The molecular formula is C23H21F3N4O2S. The number of hydrogen-bond acceptors (Lipinski definition) is 6. The van der Waals surface area contributed by atoms with Crippen LogP contribution in [0.4, 0.5) is 29.7 Å². The summed E-state index contributed by atoms with van der Waals surface area (Å²) in [7, 11) is 0. The molecule has 0 aliphatic carbocycles. The van der Waals surface area contributed by atoms with E-state index in [0.717, 1.165) is 30.2 Å². The highest BCUT2D eigenvalue weighted by Gasteiger charge is 2.34. The number of thiazole rings is 1. The molecular weight excluding hydrogens is 453 g/mol. The van der Waals surface area contributed by atoms with E-state index in [1.165, 1.54) is 17.5 Å². The van der Waals surface area contributed by atoms with Crippen LogP contribution in [0, 0.1) is 11.3 Å². The summed E-state index contributed by atoms with van der Waals surface area (Å²) >= 11 is 1.09. The van der Waals surface area contributed by atoms with Crippen LogP contribution in [0.3, 0.4) is 0 Å². The molecule has 1 heterocycles. The first-order chi connectivity index (χ1) is 15.8. The van der Waals surface area contributed by atoms with Gasteiger partial charge in [-0.25, -0.2) is 4.98 Å². The van der Waals surface area contributed by atoms with Gasteiger partial charge in [0.05, 0.1) is 23.8 Å². The maximum absolute atomic E-state index is 13.5. The molecule has 0 bridgehead atoms. The first-order valence-corrected chi connectivity index (χ1v) is 11.1. The Morgan fingerprint density at radius 3 is 2.55 bits per heavy atom. The van der Waals surface area contributed by atoms with Gasteiger partial charge in [-0.2, -0.15) is 18.4 Å². The maximum atomic E-state index is 13.5. The van der Waals surface area contributed by atoms with Gasteiger partial charge >= 0.3 is 6.18 Å². The smallest absolute Gasteiger partial charge is 0.420 e. The fourth-order valence-electron chi connectivity index (χ4n) is 2.87. The van der Waals surface area contributed by atoms with E-state index in [-0.39, 0.29) is 28.9 Å². The third-order valence-electron chi connectivity index (χ3n) is 4.55. The van der Waals surface area contributed by atoms with Gasteiger partial charge in [0.15, 0.2) is 5.13 Å². The van der Waals surface area contributed by atoms with Gasteiger partial charge in [0, 0.05) is 16.8 Å². The second-order valence-corrected chi connectivity index (χ2v) is 7.93. The Balaban J connectivity index is 1.69. The van der Waals surface area contributed by atoms with E-state index >= 15 is 0 Å². The topological polar surface area (TPSA) is 87.0 Å². The molecule has 2 N–H and O–H groups in total. The van der Waals surface area contributed by atoms with Gasteiger partial charge in [-0.1, -0.05) is 19.8 Å². The number of nitrogens with zero attached hydrogens (tertiary/aromatic N) is 2. The van der Waals surface area contributed by atoms with E-state index < -0.39 is 17.6 Å². The number of nitrogens with one attached hydrogen (secondary N) is 2.